The van der Waals surface area contributed by atoms with Crippen molar-refractivity contribution >= 4 is 50.7 Å². The van der Waals surface area contributed by atoms with E-state index in [4.69, 9.17) is 23.2 Å². The molecule has 0 saturated heterocycles. The number of aryl methyl sites for hydroxylation is 1. The SMILES string of the molecule is Cc1cc(C(=O)Nc2ccc(Cl)cc2Br)cc(Cl)n1. The van der Waals surface area contributed by atoms with Gasteiger partial charge in [-0.25, -0.2) is 4.98 Å². The van der Waals surface area contributed by atoms with Crippen molar-refractivity contribution in [3.8, 4) is 0 Å². The first kappa shape index (κ1) is 14.3. The summed E-state index contributed by atoms with van der Waals surface area (Å²) < 4.78 is 0.713. The van der Waals surface area contributed by atoms with E-state index in [1.54, 1.807) is 31.2 Å². The van der Waals surface area contributed by atoms with E-state index in [1.165, 1.54) is 6.07 Å². The van der Waals surface area contributed by atoms with E-state index in [1.807, 2.05) is 0 Å². The normalized spacial score (nSPS) is 10.3. The zero-order valence-electron chi connectivity index (χ0n) is 9.88. The second kappa shape index (κ2) is 5.90. The molecule has 0 radical (unpaired) electrons. The van der Waals surface area contributed by atoms with Crippen molar-refractivity contribution in [2.24, 2.45) is 0 Å². The minimum Gasteiger partial charge on any atom is -0.321 e. The Morgan fingerprint density at radius 2 is 2.00 bits per heavy atom. The summed E-state index contributed by atoms with van der Waals surface area (Å²) >= 11 is 15.0. The summed E-state index contributed by atoms with van der Waals surface area (Å²) in [6.07, 6.45) is 0. The summed E-state index contributed by atoms with van der Waals surface area (Å²) in [6.45, 7) is 1.78. The van der Waals surface area contributed by atoms with Crippen molar-refractivity contribution in [3.05, 3.63) is 56.2 Å². The van der Waals surface area contributed by atoms with Crippen molar-refractivity contribution < 1.29 is 4.79 Å². The van der Waals surface area contributed by atoms with Crippen LogP contribution in [0.2, 0.25) is 10.2 Å². The maximum atomic E-state index is 12.1. The first-order chi connectivity index (χ1) is 8.95. The Bertz CT molecular complexity index is 626. The van der Waals surface area contributed by atoms with Crippen LogP contribution in [0, 0.1) is 6.92 Å². The minimum absolute atomic E-state index is 0.254. The number of nitrogens with one attached hydrogen (secondary N) is 1. The fourth-order valence-corrected chi connectivity index (χ4v) is 2.58. The first-order valence-electron chi connectivity index (χ1n) is 5.36. The number of aromatic nitrogens is 1. The predicted octanol–water partition coefficient (Wildman–Crippen LogP) is 4.71. The molecule has 1 aromatic carbocycles. The summed E-state index contributed by atoms with van der Waals surface area (Å²) in [5, 5.41) is 3.66. The standard InChI is InChI=1S/C13H9BrCl2N2O/c1-7-4-8(5-12(16)17-7)13(19)18-11-3-2-9(15)6-10(11)14/h2-6H,1H3,(H,18,19). The van der Waals surface area contributed by atoms with Crippen molar-refractivity contribution in [3.63, 3.8) is 0 Å². The van der Waals surface area contributed by atoms with Crippen molar-refractivity contribution in [2.45, 2.75) is 6.92 Å². The van der Waals surface area contributed by atoms with Gasteiger partial charge in [0.15, 0.2) is 0 Å². The summed E-state index contributed by atoms with van der Waals surface area (Å²) in [7, 11) is 0. The predicted molar refractivity (Wildman–Crippen MR) is 81.1 cm³/mol. The number of hydrogen-bond donors (Lipinski definition) is 1. The van der Waals surface area contributed by atoms with Crippen LogP contribution in [0.5, 0.6) is 0 Å². The third-order valence-electron chi connectivity index (χ3n) is 2.36. The molecule has 0 fully saturated rings. The number of hydrogen-bond acceptors (Lipinski definition) is 2. The third kappa shape index (κ3) is 3.69. The summed E-state index contributed by atoms with van der Waals surface area (Å²) in [4.78, 5) is 16.1. The van der Waals surface area contributed by atoms with Gasteiger partial charge in [-0.15, -0.1) is 0 Å². The van der Waals surface area contributed by atoms with Crippen LogP contribution in [0.15, 0.2) is 34.8 Å². The second-order valence-electron chi connectivity index (χ2n) is 3.90. The number of anilines is 1. The van der Waals surface area contributed by atoms with E-state index in [9.17, 15) is 4.79 Å². The van der Waals surface area contributed by atoms with Gasteiger partial charge in [0.1, 0.15) is 5.15 Å². The molecule has 0 aliphatic rings. The highest BCUT2D eigenvalue weighted by molar-refractivity contribution is 9.10. The Morgan fingerprint density at radius 3 is 2.63 bits per heavy atom. The van der Waals surface area contributed by atoms with Gasteiger partial charge in [-0.1, -0.05) is 23.2 Å². The average Bonchev–Trinajstić information content (AvgIpc) is 2.31. The highest BCUT2D eigenvalue weighted by atomic mass is 79.9. The molecule has 0 saturated carbocycles. The average molecular weight is 360 g/mol. The summed E-state index contributed by atoms with van der Waals surface area (Å²) in [5.74, 6) is -0.254. The van der Waals surface area contributed by atoms with Gasteiger partial charge in [-0.3, -0.25) is 4.79 Å². The molecule has 2 aromatic rings. The van der Waals surface area contributed by atoms with Gasteiger partial charge in [-0.2, -0.15) is 0 Å². The molecule has 98 valence electrons. The molecular weight excluding hydrogens is 351 g/mol. The Kier molecular flexibility index (Phi) is 4.45. The molecule has 0 aliphatic heterocycles. The number of nitrogens with zero attached hydrogens (tertiary/aromatic N) is 1. The molecule has 0 spiro atoms. The zero-order valence-corrected chi connectivity index (χ0v) is 13.0. The third-order valence-corrected chi connectivity index (χ3v) is 3.45. The molecule has 1 heterocycles. The highest BCUT2D eigenvalue weighted by Gasteiger charge is 2.10. The Labute approximate surface area is 129 Å². The van der Waals surface area contributed by atoms with Gasteiger partial charge in [0.2, 0.25) is 0 Å². The van der Waals surface area contributed by atoms with E-state index in [2.05, 4.69) is 26.2 Å². The maximum Gasteiger partial charge on any atom is 0.255 e. The Hall–Kier alpha value is -1.10. The summed E-state index contributed by atoms with van der Waals surface area (Å²) in [6, 6.07) is 8.33. The van der Waals surface area contributed by atoms with Gasteiger partial charge >= 0.3 is 0 Å². The molecule has 0 aliphatic carbocycles. The van der Waals surface area contributed by atoms with Gasteiger partial charge < -0.3 is 5.32 Å². The van der Waals surface area contributed by atoms with E-state index in [-0.39, 0.29) is 5.91 Å². The molecule has 2 rings (SSSR count). The van der Waals surface area contributed by atoms with Crippen molar-refractivity contribution in [1.29, 1.82) is 0 Å². The van der Waals surface area contributed by atoms with Gasteiger partial charge in [0.25, 0.3) is 5.91 Å². The van der Waals surface area contributed by atoms with Crippen LogP contribution in [0.1, 0.15) is 16.1 Å². The molecule has 1 aromatic heterocycles. The van der Waals surface area contributed by atoms with Crippen LogP contribution in [0.3, 0.4) is 0 Å². The fraction of sp³-hybridized carbons (Fsp3) is 0.0769. The molecule has 0 atom stereocenters. The Morgan fingerprint density at radius 1 is 1.26 bits per heavy atom. The maximum absolute atomic E-state index is 12.1. The van der Waals surface area contributed by atoms with Crippen LogP contribution >= 0.6 is 39.1 Å². The lowest BCUT2D eigenvalue weighted by Gasteiger charge is -2.08. The molecule has 0 unspecified atom stereocenters. The fourth-order valence-electron chi connectivity index (χ4n) is 1.54. The van der Waals surface area contributed by atoms with Crippen LogP contribution < -0.4 is 5.32 Å². The number of rotatable bonds is 2. The number of amides is 1. The number of benzene rings is 1. The molecule has 19 heavy (non-hydrogen) atoms. The van der Waals surface area contributed by atoms with E-state index >= 15 is 0 Å². The van der Waals surface area contributed by atoms with Crippen LogP contribution in [0.25, 0.3) is 0 Å². The largest absolute Gasteiger partial charge is 0.321 e. The first-order valence-corrected chi connectivity index (χ1v) is 6.91. The number of halogens is 3. The Balaban J connectivity index is 2.25. The lowest BCUT2D eigenvalue weighted by atomic mass is 10.2. The monoisotopic (exact) mass is 358 g/mol. The molecule has 6 heteroatoms. The van der Waals surface area contributed by atoms with E-state index < -0.39 is 0 Å². The van der Waals surface area contributed by atoms with Gasteiger partial charge in [0.05, 0.1) is 5.69 Å². The molecule has 3 nitrogen and oxygen atoms in total. The molecule has 1 N–H and O–H groups in total. The number of carbonyl (C=O) groups excluding carboxylic acids is 1. The van der Waals surface area contributed by atoms with E-state index in [0.29, 0.717) is 31.6 Å². The van der Waals surface area contributed by atoms with E-state index in [0.717, 1.165) is 0 Å². The highest BCUT2D eigenvalue weighted by Crippen LogP contribution is 2.26. The van der Waals surface area contributed by atoms with Gasteiger partial charge in [-0.05, 0) is 53.2 Å². The van der Waals surface area contributed by atoms with Crippen LogP contribution in [0.4, 0.5) is 5.69 Å². The topological polar surface area (TPSA) is 42.0 Å². The second-order valence-corrected chi connectivity index (χ2v) is 5.58. The molecular formula is C13H9BrCl2N2O. The lowest BCUT2D eigenvalue weighted by Crippen LogP contribution is -2.12. The quantitative estimate of drug-likeness (QED) is 0.789. The number of pyridine rings is 1. The minimum atomic E-state index is -0.254. The molecule has 1 amide bonds. The smallest absolute Gasteiger partial charge is 0.255 e. The van der Waals surface area contributed by atoms with Crippen molar-refractivity contribution in [1.82, 2.24) is 4.98 Å². The zero-order chi connectivity index (χ0) is 14.0. The van der Waals surface area contributed by atoms with Crippen LogP contribution in [-0.4, -0.2) is 10.9 Å². The lowest BCUT2D eigenvalue weighted by molar-refractivity contribution is 0.102. The van der Waals surface area contributed by atoms with Gasteiger partial charge in [0, 0.05) is 20.8 Å². The van der Waals surface area contributed by atoms with Crippen LogP contribution in [-0.2, 0) is 0 Å². The summed E-state index contributed by atoms with van der Waals surface area (Å²) in [5.41, 5.74) is 1.78. The van der Waals surface area contributed by atoms with Crippen molar-refractivity contribution in [2.75, 3.05) is 5.32 Å². The number of carbonyl (C=O) groups is 1. The molecule has 0 bridgehead atoms.